The Hall–Kier alpha value is -0.160. The van der Waals surface area contributed by atoms with Crippen LogP contribution in [-0.2, 0) is 14.2 Å². The smallest absolute Gasteiger partial charge is 0.154 e. The summed E-state index contributed by atoms with van der Waals surface area (Å²) in [5.41, 5.74) is 0. The van der Waals surface area contributed by atoms with Gasteiger partial charge < -0.3 is 19.3 Å². The Balaban J connectivity index is 3.75. The fourth-order valence-corrected chi connectivity index (χ4v) is 1.71. The van der Waals surface area contributed by atoms with Crippen molar-refractivity contribution in [1.82, 2.24) is 0 Å². The van der Waals surface area contributed by atoms with E-state index in [9.17, 15) is 5.11 Å². The third kappa shape index (κ3) is 12.6. The summed E-state index contributed by atoms with van der Waals surface area (Å²) >= 11 is 0. The quantitative estimate of drug-likeness (QED) is 0.391. The number of unbranched alkanes of at least 4 members (excludes halogenated alkanes) is 2. The van der Waals surface area contributed by atoms with Gasteiger partial charge in [-0.3, -0.25) is 0 Å². The molecule has 2 atom stereocenters. The van der Waals surface area contributed by atoms with Crippen molar-refractivity contribution < 1.29 is 19.3 Å². The van der Waals surface area contributed by atoms with E-state index >= 15 is 0 Å². The summed E-state index contributed by atoms with van der Waals surface area (Å²) in [4.78, 5) is 0. The van der Waals surface area contributed by atoms with Gasteiger partial charge in [0.2, 0.25) is 0 Å². The van der Waals surface area contributed by atoms with Gasteiger partial charge in [0.05, 0.1) is 12.7 Å². The molecule has 0 heterocycles. The first-order valence-corrected chi connectivity index (χ1v) is 7.64. The minimum Gasteiger partial charge on any atom is -0.379 e. The van der Waals surface area contributed by atoms with Crippen molar-refractivity contribution in [2.75, 3.05) is 26.9 Å². The molecule has 0 aliphatic carbocycles. The normalized spacial score (nSPS) is 14.5. The van der Waals surface area contributed by atoms with E-state index in [2.05, 4.69) is 13.8 Å². The molecule has 0 aliphatic heterocycles. The first-order valence-electron chi connectivity index (χ1n) is 7.64. The van der Waals surface area contributed by atoms with E-state index in [-0.39, 0.29) is 6.10 Å². The second kappa shape index (κ2) is 14.3. The number of rotatable bonds is 14. The largest absolute Gasteiger partial charge is 0.379 e. The zero-order valence-corrected chi connectivity index (χ0v) is 12.9. The molecule has 0 aromatic carbocycles. The first kappa shape index (κ1) is 18.8. The lowest BCUT2D eigenvalue weighted by atomic mass is 10.1. The van der Waals surface area contributed by atoms with Gasteiger partial charge in [0.25, 0.3) is 0 Å². The average molecular weight is 276 g/mol. The molecule has 1 N–H and O–H groups in total. The molecule has 0 rings (SSSR count). The maximum atomic E-state index is 9.34. The van der Waals surface area contributed by atoms with Gasteiger partial charge in [-0.2, -0.15) is 0 Å². The van der Waals surface area contributed by atoms with E-state index in [0.717, 1.165) is 51.7 Å². The van der Waals surface area contributed by atoms with E-state index in [1.807, 2.05) is 0 Å². The van der Waals surface area contributed by atoms with Crippen LogP contribution in [0.3, 0.4) is 0 Å². The van der Waals surface area contributed by atoms with Crippen molar-refractivity contribution in [3.63, 3.8) is 0 Å². The molecule has 0 amide bonds. The Labute approximate surface area is 118 Å². The van der Waals surface area contributed by atoms with Crippen LogP contribution in [0.2, 0.25) is 0 Å². The van der Waals surface area contributed by atoms with Crippen LogP contribution >= 0.6 is 0 Å². The average Bonchev–Trinajstić information content (AvgIpc) is 2.42. The molecule has 0 fully saturated rings. The van der Waals surface area contributed by atoms with Crippen molar-refractivity contribution >= 4 is 0 Å². The molecule has 0 aliphatic rings. The summed E-state index contributed by atoms with van der Waals surface area (Å²) in [5, 5.41) is 9.34. The minimum absolute atomic E-state index is 0.146. The molecule has 0 bridgehead atoms. The van der Waals surface area contributed by atoms with Gasteiger partial charge in [-0.1, -0.05) is 26.7 Å². The van der Waals surface area contributed by atoms with Gasteiger partial charge in [0.15, 0.2) is 6.29 Å². The number of aliphatic hydroxyl groups excluding tert-OH is 1. The lowest BCUT2D eigenvalue weighted by molar-refractivity contribution is -0.0830. The van der Waals surface area contributed by atoms with Gasteiger partial charge >= 0.3 is 0 Å². The molecule has 4 heteroatoms. The van der Waals surface area contributed by atoms with E-state index < -0.39 is 6.29 Å². The Morgan fingerprint density at radius 2 is 1.63 bits per heavy atom. The predicted octanol–water partition coefficient (Wildman–Crippen LogP) is 3.12. The molecule has 4 nitrogen and oxygen atoms in total. The maximum Gasteiger partial charge on any atom is 0.154 e. The lowest BCUT2D eigenvalue weighted by Gasteiger charge is -2.18. The molecule has 0 spiro atoms. The van der Waals surface area contributed by atoms with Crippen LogP contribution in [0.5, 0.6) is 0 Å². The summed E-state index contributed by atoms with van der Waals surface area (Å²) in [6.07, 6.45) is 6.44. The van der Waals surface area contributed by atoms with Crippen LogP contribution in [0.15, 0.2) is 0 Å². The monoisotopic (exact) mass is 276 g/mol. The fourth-order valence-electron chi connectivity index (χ4n) is 1.71. The van der Waals surface area contributed by atoms with Crippen LogP contribution in [0.25, 0.3) is 0 Å². The molecule has 0 aromatic heterocycles. The number of ether oxygens (including phenoxy) is 3. The summed E-state index contributed by atoms with van der Waals surface area (Å²) in [6.45, 7) is 6.58. The zero-order chi connectivity index (χ0) is 14.3. The van der Waals surface area contributed by atoms with Crippen molar-refractivity contribution in [2.45, 2.75) is 71.2 Å². The highest BCUT2D eigenvalue weighted by atomic mass is 16.6. The number of hydrogen-bond acceptors (Lipinski definition) is 4. The SMILES string of the molecule is CCCCOC[C@H](CCC[C@H](O)OC)OCCCC. The predicted molar refractivity (Wildman–Crippen MR) is 77.2 cm³/mol. The summed E-state index contributed by atoms with van der Waals surface area (Å²) < 4.78 is 16.3. The summed E-state index contributed by atoms with van der Waals surface area (Å²) in [5.74, 6) is 0. The highest BCUT2D eigenvalue weighted by Gasteiger charge is 2.11. The number of hydrogen-bond donors (Lipinski definition) is 1. The van der Waals surface area contributed by atoms with Gasteiger partial charge in [0, 0.05) is 20.3 Å². The molecule has 0 saturated heterocycles. The van der Waals surface area contributed by atoms with Crippen molar-refractivity contribution in [1.29, 1.82) is 0 Å². The number of methoxy groups -OCH3 is 1. The Morgan fingerprint density at radius 3 is 2.26 bits per heavy atom. The minimum atomic E-state index is -0.655. The van der Waals surface area contributed by atoms with Crippen LogP contribution in [0.1, 0.15) is 58.8 Å². The second-order valence-corrected chi connectivity index (χ2v) is 4.90. The van der Waals surface area contributed by atoms with Crippen LogP contribution in [-0.4, -0.2) is 44.4 Å². The summed E-state index contributed by atoms with van der Waals surface area (Å²) in [6, 6.07) is 0. The highest BCUT2D eigenvalue weighted by molar-refractivity contribution is 4.59. The number of aliphatic hydroxyl groups is 1. The van der Waals surface area contributed by atoms with Crippen molar-refractivity contribution in [3.05, 3.63) is 0 Å². The van der Waals surface area contributed by atoms with E-state index in [4.69, 9.17) is 14.2 Å². The van der Waals surface area contributed by atoms with Crippen molar-refractivity contribution in [3.8, 4) is 0 Å². The second-order valence-electron chi connectivity index (χ2n) is 4.90. The van der Waals surface area contributed by atoms with Gasteiger partial charge in [-0.25, -0.2) is 0 Å². The first-order chi connectivity index (χ1) is 9.24. The molecule has 0 unspecified atom stereocenters. The standard InChI is InChI=1S/C15H32O4/c1-4-6-11-18-13-14(19-12-7-5-2)9-8-10-15(16)17-3/h14-16H,4-13H2,1-3H3/t14-,15+/m0/s1. The van der Waals surface area contributed by atoms with E-state index in [0.29, 0.717) is 13.0 Å². The van der Waals surface area contributed by atoms with E-state index in [1.165, 1.54) is 7.11 Å². The van der Waals surface area contributed by atoms with Crippen molar-refractivity contribution in [2.24, 2.45) is 0 Å². The molecular weight excluding hydrogens is 244 g/mol. The van der Waals surface area contributed by atoms with Crippen LogP contribution < -0.4 is 0 Å². The molecule has 0 radical (unpaired) electrons. The third-order valence-corrected chi connectivity index (χ3v) is 3.05. The lowest BCUT2D eigenvalue weighted by Crippen LogP contribution is -2.22. The molecule has 19 heavy (non-hydrogen) atoms. The van der Waals surface area contributed by atoms with Gasteiger partial charge in [-0.15, -0.1) is 0 Å². The maximum absolute atomic E-state index is 9.34. The topological polar surface area (TPSA) is 47.9 Å². The van der Waals surface area contributed by atoms with Gasteiger partial charge in [0.1, 0.15) is 0 Å². The Morgan fingerprint density at radius 1 is 0.947 bits per heavy atom. The molecular formula is C15H32O4. The fraction of sp³-hybridized carbons (Fsp3) is 1.00. The van der Waals surface area contributed by atoms with Gasteiger partial charge in [-0.05, 0) is 32.1 Å². The Bertz CT molecular complexity index is 176. The third-order valence-electron chi connectivity index (χ3n) is 3.05. The summed E-state index contributed by atoms with van der Waals surface area (Å²) in [7, 11) is 1.52. The molecule has 0 aromatic rings. The highest BCUT2D eigenvalue weighted by Crippen LogP contribution is 2.09. The van der Waals surface area contributed by atoms with Crippen LogP contribution in [0.4, 0.5) is 0 Å². The zero-order valence-electron chi connectivity index (χ0n) is 12.9. The Kier molecular flexibility index (Phi) is 14.1. The molecule has 0 saturated carbocycles. The van der Waals surface area contributed by atoms with E-state index in [1.54, 1.807) is 0 Å². The molecule has 116 valence electrons. The van der Waals surface area contributed by atoms with Crippen LogP contribution in [0, 0.1) is 0 Å².